The first-order chi connectivity index (χ1) is 18.3. The highest BCUT2D eigenvalue weighted by Gasteiger charge is 2.37. The normalized spacial score (nSPS) is 14.8. The van der Waals surface area contributed by atoms with Crippen LogP contribution in [0.5, 0.6) is 5.75 Å². The zero-order valence-electron chi connectivity index (χ0n) is 21.2. The molecule has 5 rings (SSSR count). The number of amides is 1. The smallest absolute Gasteiger partial charge is 0.340 e. The molecule has 0 saturated heterocycles. The minimum Gasteiger partial charge on any atom is -0.484 e. The van der Waals surface area contributed by atoms with Crippen molar-refractivity contribution >= 4 is 39.7 Å². The van der Waals surface area contributed by atoms with Crippen LogP contribution >= 0.6 is 0 Å². The Kier molecular flexibility index (Phi) is 6.62. The first kappa shape index (κ1) is 25.1. The van der Waals surface area contributed by atoms with Gasteiger partial charge in [-0.25, -0.2) is 9.59 Å². The number of aryl methyl sites for hydroxylation is 1. The third-order valence-electron chi connectivity index (χ3n) is 6.97. The number of fused-ring (bicyclic) bond motifs is 4. The van der Waals surface area contributed by atoms with Crippen molar-refractivity contribution in [2.24, 2.45) is 0 Å². The summed E-state index contributed by atoms with van der Waals surface area (Å²) in [6.07, 6.45) is 0.134. The monoisotopic (exact) mass is 518 g/mol. The number of aromatic amines is 1. The van der Waals surface area contributed by atoms with Crippen LogP contribution in [0.25, 0.3) is 21.9 Å². The average molecular weight is 519 g/mol. The lowest BCUT2D eigenvalue weighted by Gasteiger charge is -2.33. The summed E-state index contributed by atoms with van der Waals surface area (Å²) in [5.74, 6) is -1.12. The fourth-order valence-electron chi connectivity index (χ4n) is 4.93. The molecule has 0 unspecified atom stereocenters. The first-order valence-electron chi connectivity index (χ1n) is 12.0. The van der Waals surface area contributed by atoms with Crippen LogP contribution in [-0.2, 0) is 43.2 Å². The number of carbonyl (C=O) groups is 3. The van der Waals surface area contributed by atoms with Gasteiger partial charge in [0.1, 0.15) is 17.4 Å². The zero-order valence-corrected chi connectivity index (χ0v) is 21.2. The molecule has 0 fully saturated rings. The van der Waals surface area contributed by atoms with Gasteiger partial charge in [0.25, 0.3) is 5.91 Å². The second-order valence-corrected chi connectivity index (χ2v) is 9.09. The SMILES string of the molecule is COC(=O)Cc1c(C)c2ccc(OCC(=O)N3Cc4[nH]c5ccccc5c4C[C@H]3C(=O)OC)cc2oc1=O. The molecular weight excluding hydrogens is 492 g/mol. The van der Waals surface area contributed by atoms with E-state index in [9.17, 15) is 19.2 Å². The predicted molar refractivity (Wildman–Crippen MR) is 137 cm³/mol. The minimum absolute atomic E-state index is 0.192. The van der Waals surface area contributed by atoms with Gasteiger partial charge < -0.3 is 28.5 Å². The molecule has 196 valence electrons. The van der Waals surface area contributed by atoms with Gasteiger partial charge in [0.2, 0.25) is 0 Å². The Labute approximate surface area is 217 Å². The number of carbonyl (C=O) groups excluding carboxylic acids is 3. The maximum atomic E-state index is 13.2. The van der Waals surface area contributed by atoms with Crippen molar-refractivity contribution in [1.29, 1.82) is 0 Å². The maximum absolute atomic E-state index is 13.2. The van der Waals surface area contributed by atoms with Crippen LogP contribution in [0.2, 0.25) is 0 Å². The van der Waals surface area contributed by atoms with Crippen molar-refractivity contribution in [3.05, 3.63) is 75.3 Å². The molecular formula is C28H26N2O8. The number of hydrogen-bond donors (Lipinski definition) is 1. The summed E-state index contributed by atoms with van der Waals surface area (Å²) >= 11 is 0. The molecule has 4 aromatic rings. The molecule has 10 heteroatoms. The van der Waals surface area contributed by atoms with Crippen LogP contribution in [-0.4, -0.2) is 54.6 Å². The summed E-state index contributed by atoms with van der Waals surface area (Å²) in [5.41, 5.74) is 3.25. The van der Waals surface area contributed by atoms with Gasteiger partial charge in [-0.2, -0.15) is 0 Å². The van der Waals surface area contributed by atoms with Gasteiger partial charge in [0.05, 0.1) is 32.7 Å². The Balaban J connectivity index is 1.36. The lowest BCUT2D eigenvalue weighted by Crippen LogP contribution is -2.50. The molecule has 0 aliphatic carbocycles. The van der Waals surface area contributed by atoms with E-state index in [0.717, 1.165) is 22.2 Å². The van der Waals surface area contributed by atoms with Crippen LogP contribution in [0, 0.1) is 6.92 Å². The molecule has 1 atom stereocenters. The van der Waals surface area contributed by atoms with Gasteiger partial charge in [0.15, 0.2) is 6.61 Å². The minimum atomic E-state index is -0.784. The van der Waals surface area contributed by atoms with E-state index in [0.29, 0.717) is 23.1 Å². The fraction of sp³-hybridized carbons (Fsp3) is 0.286. The number of methoxy groups -OCH3 is 2. The van der Waals surface area contributed by atoms with E-state index < -0.39 is 29.5 Å². The topological polar surface area (TPSA) is 128 Å². The highest BCUT2D eigenvalue weighted by molar-refractivity contribution is 5.90. The van der Waals surface area contributed by atoms with Crippen molar-refractivity contribution in [2.45, 2.75) is 32.4 Å². The van der Waals surface area contributed by atoms with Gasteiger partial charge in [-0.3, -0.25) is 9.59 Å². The van der Waals surface area contributed by atoms with Crippen molar-refractivity contribution in [2.75, 3.05) is 20.8 Å². The first-order valence-corrected chi connectivity index (χ1v) is 12.0. The van der Waals surface area contributed by atoms with Gasteiger partial charge in [-0.05, 0) is 36.2 Å². The van der Waals surface area contributed by atoms with E-state index in [2.05, 4.69) is 9.72 Å². The summed E-state index contributed by atoms with van der Waals surface area (Å²) in [4.78, 5) is 54.8. The molecule has 3 heterocycles. The number of esters is 2. The zero-order chi connectivity index (χ0) is 27.0. The number of aromatic nitrogens is 1. The predicted octanol–water partition coefficient (Wildman–Crippen LogP) is 2.80. The summed E-state index contributed by atoms with van der Waals surface area (Å²) in [6.45, 7) is 1.60. The molecule has 0 radical (unpaired) electrons. The van der Waals surface area contributed by atoms with E-state index in [1.54, 1.807) is 19.1 Å². The largest absolute Gasteiger partial charge is 0.484 e. The highest BCUT2D eigenvalue weighted by Crippen LogP contribution is 2.31. The molecule has 2 aromatic carbocycles. The van der Waals surface area contributed by atoms with Crippen LogP contribution in [0.3, 0.4) is 0 Å². The number of ether oxygens (including phenoxy) is 3. The molecule has 10 nitrogen and oxygen atoms in total. The van der Waals surface area contributed by atoms with Crippen molar-refractivity contribution in [3.63, 3.8) is 0 Å². The Morgan fingerprint density at radius 2 is 1.87 bits per heavy atom. The number of para-hydroxylation sites is 1. The molecule has 38 heavy (non-hydrogen) atoms. The molecule has 0 saturated carbocycles. The molecule has 0 spiro atoms. The van der Waals surface area contributed by atoms with E-state index >= 15 is 0 Å². The summed E-state index contributed by atoms with van der Waals surface area (Å²) in [7, 11) is 2.55. The Morgan fingerprint density at radius 3 is 2.63 bits per heavy atom. The maximum Gasteiger partial charge on any atom is 0.340 e. The molecule has 2 aromatic heterocycles. The summed E-state index contributed by atoms with van der Waals surface area (Å²) < 4.78 is 20.8. The van der Waals surface area contributed by atoms with Crippen molar-refractivity contribution in [3.8, 4) is 5.75 Å². The van der Waals surface area contributed by atoms with E-state index in [4.69, 9.17) is 13.9 Å². The number of nitrogens with zero attached hydrogens (tertiary/aromatic N) is 1. The standard InChI is InChI=1S/C28H26N2O8/c1-15-17-9-8-16(10-24(17)38-27(33)19(15)12-26(32)35-2)37-14-25(31)30-13-22-20(11-23(30)28(34)36-3)18-6-4-5-7-21(18)29-22/h4-10,23,29H,11-14H2,1-3H3/t23-/m0/s1. The molecule has 1 amide bonds. The summed E-state index contributed by atoms with van der Waals surface area (Å²) in [6, 6.07) is 11.9. The van der Waals surface area contributed by atoms with Gasteiger partial charge in [-0.1, -0.05) is 18.2 Å². The average Bonchev–Trinajstić information content (AvgIpc) is 3.30. The fourth-order valence-corrected chi connectivity index (χ4v) is 4.93. The summed E-state index contributed by atoms with van der Waals surface area (Å²) in [5, 5.41) is 1.65. The Morgan fingerprint density at radius 1 is 1.08 bits per heavy atom. The van der Waals surface area contributed by atoms with Crippen molar-refractivity contribution in [1.82, 2.24) is 9.88 Å². The molecule has 1 aliphatic rings. The number of hydrogen-bond acceptors (Lipinski definition) is 8. The molecule has 1 N–H and O–H groups in total. The molecule has 0 bridgehead atoms. The van der Waals surface area contributed by atoms with E-state index in [-0.39, 0.29) is 30.7 Å². The van der Waals surface area contributed by atoms with Crippen LogP contribution < -0.4 is 10.4 Å². The van der Waals surface area contributed by atoms with Crippen molar-refractivity contribution < 1.29 is 33.0 Å². The van der Waals surface area contributed by atoms with Crippen LogP contribution in [0.4, 0.5) is 0 Å². The van der Waals surface area contributed by atoms with E-state index in [1.807, 2.05) is 24.3 Å². The van der Waals surface area contributed by atoms with Gasteiger partial charge in [-0.15, -0.1) is 0 Å². The van der Waals surface area contributed by atoms with Crippen LogP contribution in [0.1, 0.15) is 22.4 Å². The van der Waals surface area contributed by atoms with E-state index in [1.165, 1.54) is 25.2 Å². The third kappa shape index (κ3) is 4.49. The number of nitrogens with one attached hydrogen (secondary N) is 1. The Bertz CT molecular complexity index is 1630. The second-order valence-electron chi connectivity index (χ2n) is 9.09. The number of benzene rings is 2. The second kappa shape index (κ2) is 10.0. The third-order valence-corrected chi connectivity index (χ3v) is 6.97. The number of rotatable bonds is 6. The highest BCUT2D eigenvalue weighted by atomic mass is 16.5. The molecule has 1 aliphatic heterocycles. The number of H-pyrrole nitrogens is 1. The quantitative estimate of drug-likeness (QED) is 0.305. The van der Waals surface area contributed by atoms with Crippen LogP contribution in [0.15, 0.2) is 51.7 Å². The Hall–Kier alpha value is -4.60. The van der Waals surface area contributed by atoms with Gasteiger partial charge in [0, 0.05) is 34.5 Å². The lowest BCUT2D eigenvalue weighted by molar-refractivity contribution is -0.154. The van der Waals surface area contributed by atoms with Gasteiger partial charge >= 0.3 is 17.6 Å². The lowest BCUT2D eigenvalue weighted by atomic mass is 9.96.